The Morgan fingerprint density at radius 1 is 1.43 bits per heavy atom. The third-order valence-corrected chi connectivity index (χ3v) is 4.09. The van der Waals surface area contributed by atoms with Gasteiger partial charge in [-0.05, 0) is 36.3 Å². The molecule has 110 valence electrons. The summed E-state index contributed by atoms with van der Waals surface area (Å²) in [4.78, 5) is 10.9. The Bertz CT molecular complexity index is 649. The highest BCUT2D eigenvalue weighted by Gasteiger charge is 2.30. The van der Waals surface area contributed by atoms with Crippen LogP contribution in [0.5, 0.6) is 0 Å². The van der Waals surface area contributed by atoms with E-state index in [1.165, 1.54) is 17.2 Å². The molecule has 1 aliphatic carbocycles. The molecule has 0 fully saturated rings. The van der Waals surface area contributed by atoms with Gasteiger partial charge >= 0.3 is 5.97 Å². The van der Waals surface area contributed by atoms with Gasteiger partial charge < -0.3 is 14.4 Å². The summed E-state index contributed by atoms with van der Waals surface area (Å²) in [7, 11) is 1.62. The number of fused-ring (bicyclic) bond motifs is 1. The molecule has 1 aromatic heterocycles. The lowest BCUT2D eigenvalue weighted by atomic mass is 9.80. The molecule has 0 radical (unpaired) electrons. The molecule has 0 saturated carbocycles. The zero-order chi connectivity index (χ0) is 14.8. The second-order valence-corrected chi connectivity index (χ2v) is 5.35. The minimum absolute atomic E-state index is 0.0803. The van der Waals surface area contributed by atoms with E-state index in [0.717, 1.165) is 19.3 Å². The summed E-state index contributed by atoms with van der Waals surface area (Å²) in [5.41, 5.74) is 2.63. The first-order valence-corrected chi connectivity index (χ1v) is 6.98. The van der Waals surface area contributed by atoms with Crippen LogP contribution in [0.15, 0.2) is 34.9 Å². The Hall–Kier alpha value is -2.14. The Morgan fingerprint density at radius 3 is 2.86 bits per heavy atom. The van der Waals surface area contributed by atoms with Crippen LogP contribution >= 0.6 is 0 Å². The largest absolute Gasteiger partial charge is 0.476 e. The lowest BCUT2D eigenvalue weighted by Gasteiger charge is -2.29. The van der Waals surface area contributed by atoms with E-state index in [4.69, 9.17) is 14.4 Å². The summed E-state index contributed by atoms with van der Waals surface area (Å²) in [6, 6.07) is 9.85. The average molecular weight is 287 g/mol. The Kier molecular flexibility index (Phi) is 3.75. The van der Waals surface area contributed by atoms with E-state index >= 15 is 0 Å². The van der Waals surface area contributed by atoms with Crippen molar-refractivity contribution in [2.24, 2.45) is 5.92 Å². The van der Waals surface area contributed by atoms with Gasteiger partial charge in [0.1, 0.15) is 6.10 Å². The molecule has 2 atom stereocenters. The van der Waals surface area contributed by atoms with Crippen molar-refractivity contribution in [3.05, 3.63) is 52.9 Å². The Labute approximate surface area is 122 Å². The van der Waals surface area contributed by atoms with Gasteiger partial charge in [-0.15, -0.1) is 0 Å². The zero-order valence-corrected chi connectivity index (χ0v) is 11.8. The van der Waals surface area contributed by atoms with E-state index < -0.39 is 5.97 Å². The van der Waals surface area contributed by atoms with Crippen LogP contribution in [-0.2, 0) is 17.6 Å². The number of carboxylic acid groups (broad SMARTS) is 1. The highest BCUT2D eigenvalue weighted by atomic mass is 16.5. The minimum Gasteiger partial charge on any atom is -0.476 e. The van der Waals surface area contributed by atoms with E-state index in [1.54, 1.807) is 7.11 Å². The molecule has 2 unspecified atom stereocenters. The number of hydrogen-bond donors (Lipinski definition) is 1. The number of carboxylic acids is 1. The van der Waals surface area contributed by atoms with Gasteiger partial charge in [-0.2, -0.15) is 0 Å². The molecule has 5 nitrogen and oxygen atoms in total. The van der Waals surface area contributed by atoms with Gasteiger partial charge in [0.15, 0.2) is 11.5 Å². The van der Waals surface area contributed by atoms with Crippen LogP contribution in [0.3, 0.4) is 0 Å². The van der Waals surface area contributed by atoms with Crippen molar-refractivity contribution in [3.8, 4) is 0 Å². The molecule has 2 aromatic rings. The summed E-state index contributed by atoms with van der Waals surface area (Å²) in [5.74, 6) is -0.340. The third-order valence-electron chi connectivity index (χ3n) is 4.09. The van der Waals surface area contributed by atoms with Crippen LogP contribution in [0.2, 0.25) is 0 Å². The van der Waals surface area contributed by atoms with Crippen LogP contribution in [0.4, 0.5) is 0 Å². The summed E-state index contributed by atoms with van der Waals surface area (Å²) in [5, 5.41) is 12.5. The van der Waals surface area contributed by atoms with Gasteiger partial charge in [-0.25, -0.2) is 4.79 Å². The molecule has 1 heterocycles. The van der Waals surface area contributed by atoms with Gasteiger partial charge in [-0.3, -0.25) is 0 Å². The molecule has 1 aliphatic rings. The van der Waals surface area contributed by atoms with Crippen LogP contribution in [0.1, 0.15) is 39.9 Å². The maximum atomic E-state index is 10.9. The number of hydrogen-bond acceptors (Lipinski definition) is 4. The fourth-order valence-electron chi connectivity index (χ4n) is 3.05. The predicted molar refractivity (Wildman–Crippen MR) is 75.2 cm³/mol. The van der Waals surface area contributed by atoms with Crippen LogP contribution in [0, 0.1) is 5.92 Å². The number of aryl methyl sites for hydroxylation is 1. The first-order chi connectivity index (χ1) is 10.2. The number of benzene rings is 1. The SMILES string of the molecule is COC(c1cc(C(=O)O)no1)C1CCc2ccccc2C1. The maximum absolute atomic E-state index is 10.9. The second-order valence-electron chi connectivity index (χ2n) is 5.35. The number of aromatic carboxylic acids is 1. The minimum atomic E-state index is -1.09. The van der Waals surface area contributed by atoms with E-state index in [2.05, 4.69) is 23.4 Å². The molecule has 5 heteroatoms. The first kappa shape index (κ1) is 13.8. The number of ether oxygens (including phenoxy) is 1. The fraction of sp³-hybridized carbons (Fsp3) is 0.375. The fourth-order valence-corrected chi connectivity index (χ4v) is 3.05. The van der Waals surface area contributed by atoms with Crippen molar-refractivity contribution in [3.63, 3.8) is 0 Å². The van der Waals surface area contributed by atoms with Crippen molar-refractivity contribution in [2.45, 2.75) is 25.4 Å². The van der Waals surface area contributed by atoms with Crippen LogP contribution in [-0.4, -0.2) is 23.3 Å². The average Bonchev–Trinajstić information content (AvgIpc) is 2.98. The van der Waals surface area contributed by atoms with Crippen molar-refractivity contribution < 1.29 is 19.2 Å². The van der Waals surface area contributed by atoms with Crippen LogP contribution < -0.4 is 0 Å². The molecular weight excluding hydrogens is 270 g/mol. The zero-order valence-electron chi connectivity index (χ0n) is 11.8. The molecule has 1 aromatic carbocycles. The highest BCUT2D eigenvalue weighted by molar-refractivity contribution is 5.85. The smallest absolute Gasteiger partial charge is 0.358 e. The molecule has 0 amide bonds. The standard InChI is InChI=1S/C16H17NO4/c1-20-15(14-9-13(16(18)19)17-21-14)12-7-6-10-4-2-3-5-11(10)8-12/h2-5,9,12,15H,6-8H2,1H3,(H,18,19). The summed E-state index contributed by atoms with van der Waals surface area (Å²) in [6.45, 7) is 0. The van der Waals surface area contributed by atoms with E-state index in [9.17, 15) is 4.79 Å². The number of aromatic nitrogens is 1. The molecule has 0 aliphatic heterocycles. The number of nitrogens with zero attached hydrogens (tertiary/aromatic N) is 1. The van der Waals surface area contributed by atoms with Crippen LogP contribution in [0.25, 0.3) is 0 Å². The molecule has 1 N–H and O–H groups in total. The van der Waals surface area contributed by atoms with Crippen molar-refractivity contribution >= 4 is 5.97 Å². The van der Waals surface area contributed by atoms with Crippen molar-refractivity contribution in [2.75, 3.05) is 7.11 Å². The van der Waals surface area contributed by atoms with Gasteiger partial charge in [0.05, 0.1) is 0 Å². The summed E-state index contributed by atoms with van der Waals surface area (Å²) >= 11 is 0. The predicted octanol–water partition coefficient (Wildman–Crippen LogP) is 2.87. The number of rotatable bonds is 4. The van der Waals surface area contributed by atoms with E-state index in [0.29, 0.717) is 5.76 Å². The molecule has 21 heavy (non-hydrogen) atoms. The van der Waals surface area contributed by atoms with Gasteiger partial charge in [-0.1, -0.05) is 29.4 Å². The van der Waals surface area contributed by atoms with Gasteiger partial charge in [0, 0.05) is 13.2 Å². The number of carbonyl (C=O) groups is 1. The molecule has 0 saturated heterocycles. The lowest BCUT2D eigenvalue weighted by molar-refractivity contribution is 0.0243. The third kappa shape index (κ3) is 2.69. The lowest BCUT2D eigenvalue weighted by Crippen LogP contribution is -2.22. The maximum Gasteiger partial charge on any atom is 0.358 e. The van der Waals surface area contributed by atoms with Crippen molar-refractivity contribution in [1.82, 2.24) is 5.16 Å². The van der Waals surface area contributed by atoms with Crippen molar-refractivity contribution in [1.29, 1.82) is 0 Å². The van der Waals surface area contributed by atoms with E-state index in [1.807, 2.05) is 6.07 Å². The highest BCUT2D eigenvalue weighted by Crippen LogP contribution is 2.36. The first-order valence-electron chi connectivity index (χ1n) is 6.98. The monoisotopic (exact) mass is 287 g/mol. The normalized spacial score (nSPS) is 19.0. The molecular formula is C16H17NO4. The number of methoxy groups -OCH3 is 1. The van der Waals surface area contributed by atoms with Gasteiger partial charge in [0.2, 0.25) is 0 Å². The van der Waals surface area contributed by atoms with E-state index in [-0.39, 0.29) is 17.7 Å². The molecule has 0 spiro atoms. The summed E-state index contributed by atoms with van der Waals surface area (Å²) < 4.78 is 10.7. The topological polar surface area (TPSA) is 72.6 Å². The summed E-state index contributed by atoms with van der Waals surface area (Å²) in [6.07, 6.45) is 2.62. The Morgan fingerprint density at radius 2 is 2.19 bits per heavy atom. The Balaban J connectivity index is 1.82. The second kappa shape index (κ2) is 5.69. The van der Waals surface area contributed by atoms with Gasteiger partial charge in [0.25, 0.3) is 0 Å². The molecule has 3 rings (SSSR count). The molecule has 0 bridgehead atoms. The quantitative estimate of drug-likeness (QED) is 0.936.